The quantitative estimate of drug-likeness (QED) is 0.716. The molecule has 9 heteroatoms. The van der Waals surface area contributed by atoms with Crippen molar-refractivity contribution in [3.8, 4) is 0 Å². The maximum atomic E-state index is 12.9. The lowest BCUT2D eigenvalue weighted by molar-refractivity contribution is -0.138. The summed E-state index contributed by atoms with van der Waals surface area (Å²) in [5.41, 5.74) is 0.563. The van der Waals surface area contributed by atoms with Gasteiger partial charge in [0.1, 0.15) is 5.82 Å². The minimum atomic E-state index is -4.41. The van der Waals surface area contributed by atoms with Crippen LogP contribution in [0.15, 0.2) is 30.3 Å². The number of carbonyl (C=O) groups is 1. The summed E-state index contributed by atoms with van der Waals surface area (Å²) in [6, 6.07) is 7.00. The number of amides is 1. The molecular weight excluding hydrogens is 419 g/mol. The Hall–Kier alpha value is -2.84. The highest BCUT2D eigenvalue weighted by Crippen LogP contribution is 2.29. The number of halogens is 3. The third kappa shape index (κ3) is 5.31. The first-order valence-corrected chi connectivity index (χ1v) is 11.1. The van der Waals surface area contributed by atoms with Crippen molar-refractivity contribution < 1.29 is 18.0 Å². The topological polar surface area (TPSA) is 52.6 Å². The predicted molar refractivity (Wildman–Crippen MR) is 117 cm³/mol. The second kappa shape index (κ2) is 9.34. The summed E-state index contributed by atoms with van der Waals surface area (Å²) in [5, 5.41) is 0. The van der Waals surface area contributed by atoms with Crippen molar-refractivity contribution in [1.82, 2.24) is 14.9 Å². The number of piperazine rings is 1. The number of hydrogen-bond donors (Lipinski definition) is 0. The molecule has 0 bridgehead atoms. The summed E-state index contributed by atoms with van der Waals surface area (Å²) in [6.45, 7) is 6.16. The Balaban J connectivity index is 1.37. The first-order valence-electron chi connectivity index (χ1n) is 11.1. The molecule has 0 spiro atoms. The number of benzene rings is 1. The lowest BCUT2D eigenvalue weighted by Gasteiger charge is -2.35. The third-order valence-corrected chi connectivity index (χ3v) is 6.03. The Labute approximate surface area is 186 Å². The van der Waals surface area contributed by atoms with E-state index in [9.17, 15) is 18.0 Å². The SMILES string of the molecule is Cc1cc(N2CCCCC2)nc(N2CCN(C(=O)Cc3cccc(C(F)(F)F)c3)CC2)n1. The molecule has 0 atom stereocenters. The molecule has 1 amide bonds. The van der Waals surface area contributed by atoms with Crippen LogP contribution in [0.2, 0.25) is 0 Å². The third-order valence-electron chi connectivity index (χ3n) is 6.03. The van der Waals surface area contributed by atoms with Gasteiger partial charge in [-0.3, -0.25) is 4.79 Å². The summed E-state index contributed by atoms with van der Waals surface area (Å²) >= 11 is 0. The molecule has 4 rings (SSSR count). The Kier molecular flexibility index (Phi) is 6.53. The van der Waals surface area contributed by atoms with Gasteiger partial charge in [-0.25, -0.2) is 4.98 Å². The fraction of sp³-hybridized carbons (Fsp3) is 0.522. The molecule has 3 heterocycles. The highest BCUT2D eigenvalue weighted by atomic mass is 19.4. The van der Waals surface area contributed by atoms with E-state index in [2.05, 4.69) is 14.8 Å². The normalized spacial score (nSPS) is 17.6. The van der Waals surface area contributed by atoms with Gasteiger partial charge < -0.3 is 14.7 Å². The zero-order valence-electron chi connectivity index (χ0n) is 18.2. The van der Waals surface area contributed by atoms with E-state index in [1.807, 2.05) is 13.0 Å². The van der Waals surface area contributed by atoms with Crippen molar-refractivity contribution in [2.45, 2.75) is 38.8 Å². The minimum Gasteiger partial charge on any atom is -0.356 e. The number of piperidine rings is 1. The highest BCUT2D eigenvalue weighted by Gasteiger charge is 2.31. The van der Waals surface area contributed by atoms with Crippen LogP contribution in [0.5, 0.6) is 0 Å². The summed E-state index contributed by atoms with van der Waals surface area (Å²) in [5.74, 6) is 1.47. The molecule has 0 N–H and O–H groups in total. The number of alkyl halides is 3. The fourth-order valence-corrected chi connectivity index (χ4v) is 4.26. The maximum absolute atomic E-state index is 12.9. The largest absolute Gasteiger partial charge is 0.416 e. The molecular formula is C23H28F3N5O. The Morgan fingerprint density at radius 2 is 1.66 bits per heavy atom. The second-order valence-electron chi connectivity index (χ2n) is 8.46. The number of rotatable bonds is 4. The van der Waals surface area contributed by atoms with Crippen LogP contribution in [0.3, 0.4) is 0 Å². The maximum Gasteiger partial charge on any atom is 0.416 e. The molecule has 2 aromatic rings. The molecule has 0 unspecified atom stereocenters. The smallest absolute Gasteiger partial charge is 0.356 e. The van der Waals surface area contributed by atoms with E-state index in [1.165, 1.54) is 25.3 Å². The molecule has 0 saturated carbocycles. The number of aryl methyl sites for hydroxylation is 1. The lowest BCUT2D eigenvalue weighted by atomic mass is 10.1. The summed E-state index contributed by atoms with van der Waals surface area (Å²) in [6.07, 6.45) is -0.852. The van der Waals surface area contributed by atoms with Gasteiger partial charge in [0.25, 0.3) is 0 Å². The highest BCUT2D eigenvalue weighted by molar-refractivity contribution is 5.79. The minimum absolute atomic E-state index is 0.0377. The van der Waals surface area contributed by atoms with Gasteiger partial charge in [0, 0.05) is 51.0 Å². The molecule has 0 radical (unpaired) electrons. The molecule has 0 aliphatic carbocycles. The molecule has 2 aliphatic rings. The molecule has 1 aromatic heterocycles. The molecule has 32 heavy (non-hydrogen) atoms. The van der Waals surface area contributed by atoms with Gasteiger partial charge in [-0.05, 0) is 37.8 Å². The zero-order valence-corrected chi connectivity index (χ0v) is 18.2. The van der Waals surface area contributed by atoms with Crippen LogP contribution in [-0.2, 0) is 17.4 Å². The van der Waals surface area contributed by atoms with Crippen LogP contribution >= 0.6 is 0 Å². The van der Waals surface area contributed by atoms with Crippen LogP contribution in [-0.4, -0.2) is 60.0 Å². The molecule has 6 nitrogen and oxygen atoms in total. The van der Waals surface area contributed by atoms with Gasteiger partial charge in [0.2, 0.25) is 11.9 Å². The van der Waals surface area contributed by atoms with Crippen molar-refractivity contribution >= 4 is 17.7 Å². The first kappa shape index (κ1) is 22.4. The molecule has 172 valence electrons. The number of nitrogens with zero attached hydrogens (tertiary/aromatic N) is 5. The van der Waals surface area contributed by atoms with E-state index in [0.717, 1.165) is 36.7 Å². The van der Waals surface area contributed by atoms with Crippen molar-refractivity contribution in [2.75, 3.05) is 49.1 Å². The number of aromatic nitrogens is 2. The van der Waals surface area contributed by atoms with Crippen LogP contribution < -0.4 is 9.80 Å². The van der Waals surface area contributed by atoms with Gasteiger partial charge in [0.15, 0.2) is 0 Å². The van der Waals surface area contributed by atoms with Gasteiger partial charge in [0.05, 0.1) is 12.0 Å². The zero-order chi connectivity index (χ0) is 22.7. The predicted octanol–water partition coefficient (Wildman–Crippen LogP) is 3.69. The summed E-state index contributed by atoms with van der Waals surface area (Å²) in [4.78, 5) is 28.1. The summed E-state index contributed by atoms with van der Waals surface area (Å²) in [7, 11) is 0. The number of hydrogen-bond acceptors (Lipinski definition) is 5. The molecule has 2 aliphatic heterocycles. The molecule has 2 saturated heterocycles. The second-order valence-corrected chi connectivity index (χ2v) is 8.46. The van der Waals surface area contributed by atoms with Crippen LogP contribution in [0.1, 0.15) is 36.1 Å². The van der Waals surface area contributed by atoms with Crippen molar-refractivity contribution in [3.63, 3.8) is 0 Å². The Morgan fingerprint density at radius 3 is 2.34 bits per heavy atom. The van der Waals surface area contributed by atoms with Crippen molar-refractivity contribution in [2.24, 2.45) is 0 Å². The molecule has 2 fully saturated rings. The Morgan fingerprint density at radius 1 is 0.938 bits per heavy atom. The van der Waals surface area contributed by atoms with Crippen LogP contribution in [0.4, 0.5) is 24.9 Å². The monoisotopic (exact) mass is 447 g/mol. The van der Waals surface area contributed by atoms with Gasteiger partial charge in [-0.1, -0.05) is 18.2 Å². The van der Waals surface area contributed by atoms with E-state index in [1.54, 1.807) is 11.0 Å². The molecule has 1 aromatic carbocycles. The fourth-order valence-electron chi connectivity index (χ4n) is 4.26. The van der Waals surface area contributed by atoms with Crippen molar-refractivity contribution in [3.05, 3.63) is 47.2 Å². The van der Waals surface area contributed by atoms with E-state index in [4.69, 9.17) is 4.98 Å². The van der Waals surface area contributed by atoms with Crippen LogP contribution in [0.25, 0.3) is 0 Å². The van der Waals surface area contributed by atoms with Gasteiger partial charge in [-0.2, -0.15) is 18.2 Å². The lowest BCUT2D eigenvalue weighted by Crippen LogP contribution is -2.49. The van der Waals surface area contributed by atoms with E-state index >= 15 is 0 Å². The van der Waals surface area contributed by atoms with E-state index < -0.39 is 11.7 Å². The summed E-state index contributed by atoms with van der Waals surface area (Å²) < 4.78 is 38.8. The van der Waals surface area contributed by atoms with E-state index in [-0.39, 0.29) is 12.3 Å². The average Bonchev–Trinajstić information content (AvgIpc) is 2.79. The van der Waals surface area contributed by atoms with Crippen LogP contribution in [0, 0.1) is 6.92 Å². The van der Waals surface area contributed by atoms with Gasteiger partial charge in [-0.15, -0.1) is 0 Å². The average molecular weight is 448 g/mol. The standard InChI is InChI=1S/C23H28F3N5O/c1-17-14-20(29-8-3-2-4-9-29)28-22(27-17)31-12-10-30(11-13-31)21(32)16-18-6-5-7-19(15-18)23(24,25)26/h5-7,14-15H,2-4,8-13,16H2,1H3. The Bertz CT molecular complexity index is 951. The first-order chi connectivity index (χ1) is 15.3. The van der Waals surface area contributed by atoms with Crippen molar-refractivity contribution in [1.29, 1.82) is 0 Å². The number of anilines is 2. The number of carbonyl (C=O) groups excluding carboxylic acids is 1. The van der Waals surface area contributed by atoms with Gasteiger partial charge >= 0.3 is 6.18 Å². The van der Waals surface area contributed by atoms with E-state index in [0.29, 0.717) is 37.7 Å².